The second-order valence-corrected chi connectivity index (χ2v) is 3.49. The number of benzene rings is 1. The Hall–Kier alpha value is -1.77. The standard InChI is InChI=1S/C12H14N2O/c1-9(14)8-10-2-4-11(5-3-10)12(15)6-7-13/h2-5,7,13-14H,6,8H2,1H3. The van der Waals surface area contributed by atoms with Crippen molar-refractivity contribution in [1.29, 1.82) is 10.8 Å². The Bertz CT molecular complexity index is 379. The number of hydrogen-bond acceptors (Lipinski definition) is 3. The first-order chi connectivity index (χ1) is 7.13. The van der Waals surface area contributed by atoms with E-state index in [0.29, 0.717) is 17.7 Å². The van der Waals surface area contributed by atoms with Crippen molar-refractivity contribution in [2.45, 2.75) is 19.8 Å². The second kappa shape index (κ2) is 5.20. The molecule has 78 valence electrons. The van der Waals surface area contributed by atoms with E-state index in [4.69, 9.17) is 10.8 Å². The van der Waals surface area contributed by atoms with Crippen molar-refractivity contribution in [3.8, 4) is 0 Å². The van der Waals surface area contributed by atoms with E-state index in [1.165, 1.54) is 0 Å². The van der Waals surface area contributed by atoms with E-state index in [1.54, 1.807) is 19.1 Å². The van der Waals surface area contributed by atoms with Crippen molar-refractivity contribution in [1.82, 2.24) is 0 Å². The number of carbonyl (C=O) groups is 1. The molecular formula is C12H14N2O. The monoisotopic (exact) mass is 202 g/mol. The number of rotatable bonds is 5. The summed E-state index contributed by atoms with van der Waals surface area (Å²) >= 11 is 0. The minimum atomic E-state index is -0.0388. The van der Waals surface area contributed by atoms with Gasteiger partial charge in [0.1, 0.15) is 0 Å². The second-order valence-electron chi connectivity index (χ2n) is 3.49. The maximum Gasteiger partial charge on any atom is 0.168 e. The van der Waals surface area contributed by atoms with E-state index in [1.807, 2.05) is 12.1 Å². The Balaban J connectivity index is 2.75. The summed E-state index contributed by atoms with van der Waals surface area (Å²) in [6.45, 7) is 1.76. The van der Waals surface area contributed by atoms with Crippen LogP contribution in [0.5, 0.6) is 0 Å². The van der Waals surface area contributed by atoms with E-state index >= 15 is 0 Å². The van der Waals surface area contributed by atoms with Crippen LogP contribution in [0.4, 0.5) is 0 Å². The highest BCUT2D eigenvalue weighted by atomic mass is 16.1. The van der Waals surface area contributed by atoms with Crippen molar-refractivity contribution in [2.24, 2.45) is 0 Å². The lowest BCUT2D eigenvalue weighted by Crippen LogP contribution is -2.00. The molecule has 15 heavy (non-hydrogen) atoms. The molecule has 0 aliphatic rings. The molecule has 0 fully saturated rings. The first-order valence-corrected chi connectivity index (χ1v) is 4.78. The highest BCUT2D eigenvalue weighted by Crippen LogP contribution is 2.07. The van der Waals surface area contributed by atoms with Crippen LogP contribution in [0, 0.1) is 10.8 Å². The van der Waals surface area contributed by atoms with E-state index in [2.05, 4.69) is 0 Å². The first-order valence-electron chi connectivity index (χ1n) is 4.78. The lowest BCUT2D eigenvalue weighted by molar-refractivity contribution is 0.100. The van der Waals surface area contributed by atoms with Crippen LogP contribution in [0.3, 0.4) is 0 Å². The Morgan fingerprint density at radius 3 is 2.40 bits per heavy atom. The molecule has 0 radical (unpaired) electrons. The minimum absolute atomic E-state index is 0.0388. The Morgan fingerprint density at radius 1 is 1.33 bits per heavy atom. The van der Waals surface area contributed by atoms with Crippen molar-refractivity contribution >= 4 is 17.7 Å². The highest BCUT2D eigenvalue weighted by Gasteiger charge is 2.03. The number of Topliss-reactive ketones (excluding diaryl/α,β-unsaturated/α-hetero) is 1. The highest BCUT2D eigenvalue weighted by molar-refractivity contribution is 6.03. The molecule has 0 bridgehead atoms. The van der Waals surface area contributed by atoms with Crippen LogP contribution in [0.1, 0.15) is 29.3 Å². The molecule has 0 saturated heterocycles. The molecule has 1 aromatic carbocycles. The average molecular weight is 202 g/mol. The third-order valence-corrected chi connectivity index (χ3v) is 2.03. The van der Waals surface area contributed by atoms with Crippen molar-refractivity contribution < 1.29 is 4.79 Å². The number of nitrogens with one attached hydrogen (secondary N) is 2. The molecule has 0 unspecified atom stereocenters. The maximum atomic E-state index is 11.4. The summed E-state index contributed by atoms with van der Waals surface area (Å²) in [6.07, 6.45) is 1.89. The first kappa shape index (κ1) is 11.3. The van der Waals surface area contributed by atoms with Gasteiger partial charge in [0.2, 0.25) is 0 Å². The zero-order valence-electron chi connectivity index (χ0n) is 8.71. The fourth-order valence-corrected chi connectivity index (χ4v) is 1.33. The van der Waals surface area contributed by atoms with E-state index in [-0.39, 0.29) is 12.2 Å². The molecule has 0 atom stereocenters. The lowest BCUT2D eigenvalue weighted by atomic mass is 10.0. The molecule has 3 nitrogen and oxygen atoms in total. The molecule has 0 heterocycles. The van der Waals surface area contributed by atoms with Gasteiger partial charge in [-0.15, -0.1) is 0 Å². The van der Waals surface area contributed by atoms with Crippen LogP contribution in [-0.2, 0) is 6.42 Å². The minimum Gasteiger partial charge on any atom is -0.313 e. The Morgan fingerprint density at radius 2 is 1.93 bits per heavy atom. The largest absolute Gasteiger partial charge is 0.313 e. The van der Waals surface area contributed by atoms with Crippen LogP contribution in [0.25, 0.3) is 0 Å². The molecule has 0 aliphatic carbocycles. The molecule has 0 aliphatic heterocycles. The zero-order chi connectivity index (χ0) is 11.3. The smallest absolute Gasteiger partial charge is 0.168 e. The van der Waals surface area contributed by atoms with Gasteiger partial charge in [0, 0.05) is 30.3 Å². The van der Waals surface area contributed by atoms with E-state index in [9.17, 15) is 4.79 Å². The van der Waals surface area contributed by atoms with Gasteiger partial charge >= 0.3 is 0 Å². The SMILES string of the molecule is CC(=N)Cc1ccc(C(=O)CC=N)cc1. The summed E-state index contributed by atoms with van der Waals surface area (Å²) in [6, 6.07) is 7.22. The van der Waals surface area contributed by atoms with E-state index < -0.39 is 0 Å². The van der Waals surface area contributed by atoms with Gasteiger partial charge in [-0.1, -0.05) is 24.3 Å². The quantitative estimate of drug-likeness (QED) is 0.559. The molecular weight excluding hydrogens is 188 g/mol. The predicted molar refractivity (Wildman–Crippen MR) is 61.3 cm³/mol. The van der Waals surface area contributed by atoms with Crippen molar-refractivity contribution in [3.05, 3.63) is 35.4 Å². The van der Waals surface area contributed by atoms with Crippen LogP contribution in [0.15, 0.2) is 24.3 Å². The fourth-order valence-electron chi connectivity index (χ4n) is 1.33. The lowest BCUT2D eigenvalue weighted by Gasteiger charge is -2.01. The summed E-state index contributed by atoms with van der Waals surface area (Å²) in [7, 11) is 0. The zero-order valence-corrected chi connectivity index (χ0v) is 8.71. The van der Waals surface area contributed by atoms with Gasteiger partial charge in [0.25, 0.3) is 0 Å². The molecule has 1 rings (SSSR count). The summed E-state index contributed by atoms with van der Waals surface area (Å²) in [5, 5.41) is 14.2. The van der Waals surface area contributed by atoms with Gasteiger partial charge in [-0.25, -0.2) is 0 Å². The fraction of sp³-hybridized carbons (Fsp3) is 0.250. The van der Waals surface area contributed by atoms with Gasteiger partial charge in [0.05, 0.1) is 0 Å². The van der Waals surface area contributed by atoms with Crippen molar-refractivity contribution in [3.63, 3.8) is 0 Å². The Labute approximate surface area is 89.2 Å². The normalized spacial score (nSPS) is 9.67. The molecule has 0 amide bonds. The topological polar surface area (TPSA) is 64.8 Å². The van der Waals surface area contributed by atoms with Gasteiger partial charge < -0.3 is 10.8 Å². The molecule has 0 saturated carbocycles. The molecule has 1 aromatic rings. The van der Waals surface area contributed by atoms with Crippen LogP contribution in [-0.4, -0.2) is 17.7 Å². The third kappa shape index (κ3) is 3.46. The summed E-state index contributed by atoms with van der Waals surface area (Å²) in [5.41, 5.74) is 2.27. The van der Waals surface area contributed by atoms with Crippen LogP contribution in [0.2, 0.25) is 0 Å². The maximum absolute atomic E-state index is 11.4. The summed E-state index contributed by atoms with van der Waals surface area (Å²) < 4.78 is 0. The predicted octanol–water partition coefficient (Wildman–Crippen LogP) is 2.49. The summed E-state index contributed by atoms with van der Waals surface area (Å²) in [5.74, 6) is -0.0388. The molecule has 2 N–H and O–H groups in total. The van der Waals surface area contributed by atoms with Gasteiger partial charge in [0.15, 0.2) is 5.78 Å². The van der Waals surface area contributed by atoms with Crippen LogP contribution >= 0.6 is 0 Å². The molecule has 0 spiro atoms. The van der Waals surface area contributed by atoms with Gasteiger partial charge in [-0.2, -0.15) is 0 Å². The van der Waals surface area contributed by atoms with Crippen LogP contribution < -0.4 is 0 Å². The molecule has 0 aromatic heterocycles. The Kier molecular flexibility index (Phi) is 3.92. The van der Waals surface area contributed by atoms with Crippen molar-refractivity contribution in [2.75, 3.05) is 0 Å². The van der Waals surface area contributed by atoms with Gasteiger partial charge in [-0.3, -0.25) is 4.79 Å². The number of ketones is 1. The number of hydrogen-bond donors (Lipinski definition) is 2. The summed E-state index contributed by atoms with van der Waals surface area (Å²) in [4.78, 5) is 11.4. The average Bonchev–Trinajstić information content (AvgIpc) is 2.18. The molecule has 3 heteroatoms. The third-order valence-electron chi connectivity index (χ3n) is 2.03. The van der Waals surface area contributed by atoms with Gasteiger partial charge in [-0.05, 0) is 12.5 Å². The number of carbonyl (C=O) groups excluding carboxylic acids is 1. The van der Waals surface area contributed by atoms with E-state index in [0.717, 1.165) is 11.8 Å².